The van der Waals surface area contributed by atoms with Gasteiger partial charge < -0.3 is 4.74 Å². The van der Waals surface area contributed by atoms with E-state index in [1.54, 1.807) is 42.5 Å². The van der Waals surface area contributed by atoms with E-state index in [2.05, 4.69) is 5.43 Å². The minimum Gasteiger partial charge on any atom is -0.495 e. The highest BCUT2D eigenvalue weighted by Gasteiger charge is 2.35. The van der Waals surface area contributed by atoms with E-state index in [9.17, 15) is 9.59 Å². The number of hydrazine groups is 1. The summed E-state index contributed by atoms with van der Waals surface area (Å²) in [7, 11) is 1.53. The molecule has 5 nitrogen and oxygen atoms in total. The minimum absolute atomic E-state index is 0.364. The molecule has 0 bridgehead atoms. The van der Waals surface area contributed by atoms with Crippen molar-refractivity contribution in [3.8, 4) is 5.75 Å². The third kappa shape index (κ3) is 1.80. The molecular weight excluding hydrogens is 256 g/mol. The normalized spacial score (nSPS) is 13.3. The van der Waals surface area contributed by atoms with Crippen LogP contribution in [-0.4, -0.2) is 23.9 Å². The molecule has 0 radical (unpaired) electrons. The maximum Gasteiger partial charge on any atom is 0.280 e. The molecule has 0 fully saturated rings. The summed E-state index contributed by atoms with van der Waals surface area (Å²) >= 11 is 0. The highest BCUT2D eigenvalue weighted by molar-refractivity contribution is 6.21. The fourth-order valence-corrected chi connectivity index (χ4v) is 2.15. The van der Waals surface area contributed by atoms with Gasteiger partial charge in [-0.25, -0.2) is 0 Å². The van der Waals surface area contributed by atoms with Crippen LogP contribution in [0.5, 0.6) is 5.75 Å². The number of fused-ring (bicyclic) bond motifs is 1. The summed E-state index contributed by atoms with van der Waals surface area (Å²) in [6.45, 7) is 0. The number of anilines is 1. The monoisotopic (exact) mass is 268 g/mol. The highest BCUT2D eigenvalue weighted by Crippen LogP contribution is 2.27. The molecule has 1 heterocycles. The summed E-state index contributed by atoms with van der Waals surface area (Å²) in [5.74, 6) is -0.169. The van der Waals surface area contributed by atoms with Crippen LogP contribution in [0.2, 0.25) is 0 Å². The van der Waals surface area contributed by atoms with E-state index in [4.69, 9.17) is 4.74 Å². The molecular formula is C15H12N2O3. The van der Waals surface area contributed by atoms with Crippen molar-refractivity contribution >= 4 is 17.5 Å². The zero-order valence-corrected chi connectivity index (χ0v) is 10.8. The number of imide groups is 1. The lowest BCUT2D eigenvalue weighted by Gasteiger charge is -2.18. The van der Waals surface area contributed by atoms with Crippen molar-refractivity contribution in [2.75, 3.05) is 12.5 Å². The summed E-state index contributed by atoms with van der Waals surface area (Å²) in [4.78, 5) is 24.4. The average molecular weight is 268 g/mol. The van der Waals surface area contributed by atoms with Gasteiger partial charge in [-0.15, -0.1) is 0 Å². The number of benzene rings is 2. The topological polar surface area (TPSA) is 58.6 Å². The zero-order chi connectivity index (χ0) is 14.1. The number of methoxy groups -OCH3 is 1. The molecule has 0 spiro atoms. The number of carbonyl (C=O) groups excluding carboxylic acids is 2. The van der Waals surface area contributed by atoms with Crippen LogP contribution in [0.1, 0.15) is 20.7 Å². The molecule has 2 amide bonds. The summed E-state index contributed by atoms with van der Waals surface area (Å²) in [5.41, 5.74) is 4.18. The Morgan fingerprint density at radius 3 is 2.05 bits per heavy atom. The Morgan fingerprint density at radius 2 is 1.45 bits per heavy atom. The number of para-hydroxylation sites is 2. The molecule has 0 aromatic heterocycles. The van der Waals surface area contributed by atoms with Crippen molar-refractivity contribution in [3.63, 3.8) is 0 Å². The van der Waals surface area contributed by atoms with Crippen molar-refractivity contribution in [1.29, 1.82) is 0 Å². The van der Waals surface area contributed by atoms with Crippen molar-refractivity contribution in [2.24, 2.45) is 0 Å². The van der Waals surface area contributed by atoms with Crippen LogP contribution in [0.15, 0.2) is 48.5 Å². The van der Waals surface area contributed by atoms with E-state index >= 15 is 0 Å². The van der Waals surface area contributed by atoms with Gasteiger partial charge in [-0.2, -0.15) is 5.01 Å². The number of hydrogen-bond acceptors (Lipinski definition) is 4. The molecule has 1 N–H and O–H groups in total. The number of hydrogen-bond donors (Lipinski definition) is 1. The summed E-state index contributed by atoms with van der Waals surface area (Å²) in [5, 5.41) is 1.00. The average Bonchev–Trinajstić information content (AvgIpc) is 2.73. The molecule has 0 aliphatic carbocycles. The number of rotatable bonds is 3. The first-order chi connectivity index (χ1) is 9.72. The van der Waals surface area contributed by atoms with Gasteiger partial charge in [-0.1, -0.05) is 24.3 Å². The molecule has 0 unspecified atom stereocenters. The van der Waals surface area contributed by atoms with Gasteiger partial charge >= 0.3 is 0 Å². The number of nitrogens with one attached hydrogen (secondary N) is 1. The van der Waals surface area contributed by atoms with Crippen LogP contribution in [0.3, 0.4) is 0 Å². The summed E-state index contributed by atoms with van der Waals surface area (Å²) < 4.78 is 5.19. The smallest absolute Gasteiger partial charge is 0.280 e. The Bertz CT molecular complexity index is 662. The number of ether oxygens (including phenoxy) is 1. The lowest BCUT2D eigenvalue weighted by Crippen LogP contribution is -2.35. The molecule has 1 aliphatic heterocycles. The summed E-state index contributed by atoms with van der Waals surface area (Å²) in [6.07, 6.45) is 0. The van der Waals surface area contributed by atoms with E-state index in [0.29, 0.717) is 22.6 Å². The zero-order valence-electron chi connectivity index (χ0n) is 10.8. The predicted molar refractivity (Wildman–Crippen MR) is 73.6 cm³/mol. The van der Waals surface area contributed by atoms with Gasteiger partial charge in [-0.05, 0) is 24.3 Å². The van der Waals surface area contributed by atoms with Crippen molar-refractivity contribution in [2.45, 2.75) is 0 Å². The molecule has 5 heteroatoms. The summed E-state index contributed by atoms with van der Waals surface area (Å²) in [6, 6.07) is 13.8. The van der Waals surface area contributed by atoms with E-state index < -0.39 is 0 Å². The van der Waals surface area contributed by atoms with Crippen molar-refractivity contribution < 1.29 is 14.3 Å². The largest absolute Gasteiger partial charge is 0.495 e. The molecule has 3 rings (SSSR count). The lowest BCUT2D eigenvalue weighted by atomic mass is 10.1. The molecule has 2 aromatic carbocycles. The van der Waals surface area contributed by atoms with Gasteiger partial charge in [0.25, 0.3) is 11.8 Å². The van der Waals surface area contributed by atoms with E-state index in [1.165, 1.54) is 7.11 Å². The maximum absolute atomic E-state index is 12.2. The van der Waals surface area contributed by atoms with Crippen LogP contribution in [0.25, 0.3) is 0 Å². The minimum atomic E-state index is -0.364. The molecule has 100 valence electrons. The first-order valence-corrected chi connectivity index (χ1v) is 6.10. The quantitative estimate of drug-likeness (QED) is 0.868. The van der Waals surface area contributed by atoms with Crippen LogP contribution in [-0.2, 0) is 0 Å². The fraction of sp³-hybridized carbons (Fsp3) is 0.0667. The van der Waals surface area contributed by atoms with Crippen LogP contribution >= 0.6 is 0 Å². The number of carbonyl (C=O) groups is 2. The molecule has 2 aromatic rings. The molecule has 0 saturated heterocycles. The second-order valence-electron chi connectivity index (χ2n) is 4.30. The Labute approximate surface area is 115 Å². The SMILES string of the molecule is COc1ccccc1NN1C(=O)c2ccccc2C1=O. The van der Waals surface area contributed by atoms with Crippen molar-refractivity contribution in [1.82, 2.24) is 5.01 Å². The van der Waals surface area contributed by atoms with Crippen LogP contribution in [0.4, 0.5) is 5.69 Å². The third-order valence-electron chi connectivity index (χ3n) is 3.13. The second kappa shape index (κ2) is 4.70. The van der Waals surface area contributed by atoms with Gasteiger partial charge in [0.05, 0.1) is 23.9 Å². The van der Waals surface area contributed by atoms with Gasteiger partial charge in [0, 0.05) is 0 Å². The second-order valence-corrected chi connectivity index (χ2v) is 4.30. The standard InChI is InChI=1S/C15H12N2O3/c1-20-13-9-5-4-8-12(13)16-17-14(18)10-6-2-3-7-11(10)15(17)19/h2-9,16H,1H3. The number of nitrogens with zero attached hydrogens (tertiary/aromatic N) is 1. The molecule has 1 aliphatic rings. The van der Waals surface area contributed by atoms with E-state index in [0.717, 1.165) is 5.01 Å². The third-order valence-corrected chi connectivity index (χ3v) is 3.13. The van der Waals surface area contributed by atoms with Crippen LogP contribution in [0, 0.1) is 0 Å². The van der Waals surface area contributed by atoms with Crippen molar-refractivity contribution in [3.05, 3.63) is 59.7 Å². The van der Waals surface area contributed by atoms with Gasteiger partial charge in [-0.3, -0.25) is 15.0 Å². The lowest BCUT2D eigenvalue weighted by molar-refractivity contribution is 0.0691. The Kier molecular flexibility index (Phi) is 2.87. The Balaban J connectivity index is 1.94. The first kappa shape index (κ1) is 12.2. The molecule has 0 saturated carbocycles. The Hall–Kier alpha value is -2.82. The highest BCUT2D eigenvalue weighted by atomic mass is 16.5. The van der Waals surface area contributed by atoms with E-state index in [-0.39, 0.29) is 11.8 Å². The fourth-order valence-electron chi connectivity index (χ4n) is 2.15. The van der Waals surface area contributed by atoms with Gasteiger partial charge in [0.1, 0.15) is 5.75 Å². The van der Waals surface area contributed by atoms with E-state index in [1.807, 2.05) is 6.07 Å². The Morgan fingerprint density at radius 1 is 0.900 bits per heavy atom. The number of amides is 2. The first-order valence-electron chi connectivity index (χ1n) is 6.10. The van der Waals surface area contributed by atoms with Gasteiger partial charge in [0.15, 0.2) is 0 Å². The molecule has 20 heavy (non-hydrogen) atoms. The predicted octanol–water partition coefficient (Wildman–Crippen LogP) is 2.32. The van der Waals surface area contributed by atoms with Crippen LogP contribution < -0.4 is 10.2 Å². The molecule has 0 atom stereocenters. The maximum atomic E-state index is 12.2. The van der Waals surface area contributed by atoms with Gasteiger partial charge in [0.2, 0.25) is 0 Å².